The molecule has 0 saturated carbocycles. The number of nitrogens with two attached hydrogens (primary N) is 1. The third kappa shape index (κ3) is 7.68. The van der Waals surface area contributed by atoms with Crippen LogP contribution in [0.2, 0.25) is 0 Å². The van der Waals surface area contributed by atoms with Crippen molar-refractivity contribution in [2.45, 2.75) is 23.6 Å². The maximum absolute atomic E-state index is 13.8. The fourth-order valence-corrected chi connectivity index (χ4v) is 5.57. The minimum atomic E-state index is -3.50. The molecule has 0 radical (unpaired) electrons. The van der Waals surface area contributed by atoms with Gasteiger partial charge in [-0.15, -0.1) is 36.2 Å². The highest BCUT2D eigenvalue weighted by molar-refractivity contribution is 7.91. The van der Waals surface area contributed by atoms with Gasteiger partial charge in [0.2, 0.25) is 10.0 Å². The van der Waals surface area contributed by atoms with E-state index in [-0.39, 0.29) is 37.2 Å². The number of sulfonamides is 1. The van der Waals surface area contributed by atoms with Crippen molar-refractivity contribution in [3.05, 3.63) is 65.5 Å². The molecule has 0 atom stereocenters. The molecular formula is C21H28Cl2FN3O2S2. The summed E-state index contributed by atoms with van der Waals surface area (Å²) in [6.07, 6.45) is 1.63. The van der Waals surface area contributed by atoms with Crippen molar-refractivity contribution in [1.29, 1.82) is 0 Å². The first-order valence-corrected chi connectivity index (χ1v) is 11.8. The predicted octanol–water partition coefficient (Wildman–Crippen LogP) is 4.19. The molecule has 0 fully saturated rings. The van der Waals surface area contributed by atoms with E-state index in [2.05, 4.69) is 9.62 Å². The number of hydrogen-bond donors (Lipinski definition) is 2. The summed E-state index contributed by atoms with van der Waals surface area (Å²) in [5, 5.41) is 0.936. The van der Waals surface area contributed by atoms with Crippen LogP contribution in [0, 0.1) is 5.82 Å². The first-order valence-electron chi connectivity index (χ1n) is 9.53. The van der Waals surface area contributed by atoms with Crippen molar-refractivity contribution in [2.24, 2.45) is 5.73 Å². The van der Waals surface area contributed by atoms with E-state index in [9.17, 15) is 12.8 Å². The summed E-state index contributed by atoms with van der Waals surface area (Å²) in [6.45, 7) is 1.94. The Morgan fingerprint density at radius 3 is 2.52 bits per heavy atom. The topological polar surface area (TPSA) is 75.4 Å². The average Bonchev–Trinajstić information content (AvgIpc) is 3.13. The fraction of sp³-hybridized carbons (Fsp3) is 0.333. The van der Waals surface area contributed by atoms with Gasteiger partial charge in [-0.25, -0.2) is 17.5 Å². The zero-order valence-electron chi connectivity index (χ0n) is 17.2. The minimum absolute atomic E-state index is 0. The van der Waals surface area contributed by atoms with Gasteiger partial charge in [0.15, 0.2) is 0 Å². The molecule has 0 amide bonds. The third-order valence-electron chi connectivity index (χ3n) is 4.80. The molecule has 0 aliphatic heterocycles. The Morgan fingerprint density at radius 1 is 1.10 bits per heavy atom. The summed E-state index contributed by atoms with van der Waals surface area (Å²) >= 11 is 1.28. The summed E-state index contributed by atoms with van der Waals surface area (Å²) in [5.41, 5.74) is 6.95. The molecule has 10 heteroatoms. The average molecular weight is 509 g/mol. The molecule has 3 aromatic rings. The Hall–Kier alpha value is -1.26. The van der Waals surface area contributed by atoms with Crippen molar-refractivity contribution < 1.29 is 12.8 Å². The van der Waals surface area contributed by atoms with Crippen molar-refractivity contribution in [3.63, 3.8) is 0 Å². The Morgan fingerprint density at radius 2 is 1.84 bits per heavy atom. The highest BCUT2D eigenvalue weighted by atomic mass is 35.5. The van der Waals surface area contributed by atoms with Crippen molar-refractivity contribution in [2.75, 3.05) is 26.7 Å². The number of benzene rings is 2. The molecule has 31 heavy (non-hydrogen) atoms. The fourth-order valence-electron chi connectivity index (χ4n) is 3.11. The van der Waals surface area contributed by atoms with Gasteiger partial charge in [0.25, 0.3) is 0 Å². The number of thiophene rings is 1. The lowest BCUT2D eigenvalue weighted by atomic mass is 10.1. The van der Waals surface area contributed by atoms with Gasteiger partial charge in [0, 0.05) is 29.9 Å². The molecule has 1 aromatic heterocycles. The number of rotatable bonds is 10. The standard InChI is InChI=1S/C21H26FN3O2S2.2ClH/c1-25(11-4-5-16-8-9-18(15-23)19(22)13-16)12-10-24-29(26,27)21-14-17-6-2-3-7-20(17)28-21;;/h2-3,6-9,13-14,24H,4-5,10-12,15,23H2,1H3;2*1H. The van der Waals surface area contributed by atoms with Crippen molar-refractivity contribution in [3.8, 4) is 0 Å². The highest BCUT2D eigenvalue weighted by Gasteiger charge is 2.17. The molecule has 0 unspecified atom stereocenters. The van der Waals surface area contributed by atoms with Crippen LogP contribution in [0.1, 0.15) is 17.5 Å². The maximum atomic E-state index is 13.8. The molecule has 2 aromatic carbocycles. The predicted molar refractivity (Wildman–Crippen MR) is 132 cm³/mol. The molecule has 0 bridgehead atoms. The number of halogens is 3. The minimum Gasteiger partial charge on any atom is -0.326 e. The molecule has 3 N–H and O–H groups in total. The summed E-state index contributed by atoms with van der Waals surface area (Å²) in [5.74, 6) is -0.256. The van der Waals surface area contributed by atoms with E-state index in [4.69, 9.17) is 5.73 Å². The number of fused-ring (bicyclic) bond motifs is 1. The lowest BCUT2D eigenvalue weighted by Gasteiger charge is -2.16. The summed E-state index contributed by atoms with van der Waals surface area (Å²) in [6, 6.07) is 14.5. The largest absolute Gasteiger partial charge is 0.326 e. The Kier molecular flexibility index (Phi) is 11.4. The van der Waals surface area contributed by atoms with Crippen LogP contribution in [-0.2, 0) is 23.0 Å². The quantitative estimate of drug-likeness (QED) is 0.431. The zero-order chi connectivity index (χ0) is 20.9. The van der Waals surface area contributed by atoms with Crippen LogP contribution < -0.4 is 10.5 Å². The molecule has 5 nitrogen and oxygen atoms in total. The van der Waals surface area contributed by atoms with E-state index in [1.807, 2.05) is 37.4 Å². The van der Waals surface area contributed by atoms with Crippen LogP contribution in [0.3, 0.4) is 0 Å². The van der Waals surface area contributed by atoms with E-state index in [0.717, 1.165) is 35.0 Å². The number of likely N-dealkylation sites (N-methyl/N-ethyl adjacent to an activating group) is 1. The van der Waals surface area contributed by atoms with E-state index in [1.165, 1.54) is 11.3 Å². The molecule has 0 aliphatic rings. The molecule has 0 aliphatic carbocycles. The van der Waals surface area contributed by atoms with Gasteiger partial charge in [0.05, 0.1) is 0 Å². The van der Waals surface area contributed by atoms with E-state index >= 15 is 0 Å². The second-order valence-corrected chi connectivity index (χ2v) is 10.1. The molecule has 0 spiro atoms. The van der Waals surface area contributed by atoms with E-state index in [0.29, 0.717) is 22.9 Å². The van der Waals surface area contributed by atoms with Gasteiger partial charge in [-0.3, -0.25) is 0 Å². The SMILES string of the molecule is CN(CCCc1ccc(CN)c(F)c1)CCNS(=O)(=O)c1cc2ccccc2s1.Cl.Cl. The monoisotopic (exact) mass is 507 g/mol. The van der Waals surface area contributed by atoms with Gasteiger partial charge in [0.1, 0.15) is 10.0 Å². The summed E-state index contributed by atoms with van der Waals surface area (Å²) in [4.78, 5) is 2.07. The van der Waals surface area contributed by atoms with E-state index < -0.39 is 10.0 Å². The van der Waals surface area contributed by atoms with Gasteiger partial charge in [-0.05, 0) is 55.6 Å². The lowest BCUT2D eigenvalue weighted by molar-refractivity contribution is 0.334. The lowest BCUT2D eigenvalue weighted by Crippen LogP contribution is -2.33. The van der Waals surface area contributed by atoms with Gasteiger partial charge in [-0.1, -0.05) is 30.3 Å². The molecule has 3 rings (SSSR count). The number of aryl methyl sites for hydroxylation is 1. The van der Waals surface area contributed by atoms with Crippen molar-refractivity contribution in [1.82, 2.24) is 9.62 Å². The summed E-state index contributed by atoms with van der Waals surface area (Å²) < 4.78 is 42.7. The Balaban J connectivity index is 0.00000240. The normalized spacial score (nSPS) is 11.4. The zero-order valence-corrected chi connectivity index (χ0v) is 20.5. The highest BCUT2D eigenvalue weighted by Crippen LogP contribution is 2.28. The van der Waals surface area contributed by atoms with Crippen LogP contribution in [0.25, 0.3) is 10.1 Å². The molecule has 1 heterocycles. The van der Waals surface area contributed by atoms with Gasteiger partial charge >= 0.3 is 0 Å². The first kappa shape index (κ1) is 27.8. The van der Waals surface area contributed by atoms with Gasteiger partial charge in [-0.2, -0.15) is 0 Å². The molecule has 0 saturated heterocycles. The maximum Gasteiger partial charge on any atom is 0.250 e. The number of nitrogens with zero attached hydrogens (tertiary/aromatic N) is 1. The Bertz CT molecular complexity index is 1040. The summed E-state index contributed by atoms with van der Waals surface area (Å²) in [7, 11) is -1.55. The number of hydrogen-bond acceptors (Lipinski definition) is 5. The first-order chi connectivity index (χ1) is 13.9. The Labute approximate surface area is 199 Å². The van der Waals surface area contributed by atoms with Crippen LogP contribution in [0.4, 0.5) is 4.39 Å². The van der Waals surface area contributed by atoms with Crippen LogP contribution in [-0.4, -0.2) is 40.0 Å². The number of nitrogens with one attached hydrogen (secondary N) is 1. The molecular weight excluding hydrogens is 480 g/mol. The second kappa shape index (κ2) is 12.7. The van der Waals surface area contributed by atoms with Crippen LogP contribution >= 0.6 is 36.2 Å². The van der Waals surface area contributed by atoms with Crippen LogP contribution in [0.5, 0.6) is 0 Å². The van der Waals surface area contributed by atoms with Crippen LogP contribution in [0.15, 0.2) is 52.7 Å². The third-order valence-corrected chi connectivity index (χ3v) is 7.85. The second-order valence-electron chi connectivity index (χ2n) is 7.04. The smallest absolute Gasteiger partial charge is 0.250 e. The molecule has 172 valence electrons. The van der Waals surface area contributed by atoms with Crippen molar-refractivity contribution >= 4 is 56.3 Å². The van der Waals surface area contributed by atoms with E-state index in [1.54, 1.807) is 18.2 Å². The van der Waals surface area contributed by atoms with Gasteiger partial charge < -0.3 is 10.6 Å².